The Balaban J connectivity index is 1.59. The quantitative estimate of drug-likeness (QED) is 0.673. The van der Waals surface area contributed by atoms with Gasteiger partial charge in [0, 0.05) is 18.3 Å². The van der Waals surface area contributed by atoms with Crippen LogP contribution < -0.4 is 16.4 Å². The van der Waals surface area contributed by atoms with E-state index in [1.165, 1.54) is 0 Å². The summed E-state index contributed by atoms with van der Waals surface area (Å²) in [6, 6.07) is 8.56. The van der Waals surface area contributed by atoms with Crippen molar-refractivity contribution in [2.45, 2.75) is 12.8 Å². The predicted molar refractivity (Wildman–Crippen MR) is 85.8 cm³/mol. The number of amides is 1. The lowest BCUT2D eigenvalue weighted by Crippen LogP contribution is -2.18. The second-order valence-electron chi connectivity index (χ2n) is 5.40. The molecule has 0 saturated heterocycles. The second-order valence-corrected chi connectivity index (χ2v) is 5.40. The molecule has 23 heavy (non-hydrogen) atoms. The molecular formula is C16H14N4O3. The average Bonchev–Trinajstić information content (AvgIpc) is 2.93. The summed E-state index contributed by atoms with van der Waals surface area (Å²) in [4.78, 5) is 30.5. The van der Waals surface area contributed by atoms with Gasteiger partial charge in [-0.05, 0) is 37.1 Å². The van der Waals surface area contributed by atoms with Crippen LogP contribution >= 0.6 is 0 Å². The van der Waals surface area contributed by atoms with Crippen LogP contribution in [0, 0.1) is 0 Å². The summed E-state index contributed by atoms with van der Waals surface area (Å²) in [5.41, 5.74) is 3.80. The number of hydrogen-bond donors (Lipinski definition) is 3. The zero-order valence-corrected chi connectivity index (χ0v) is 12.2. The van der Waals surface area contributed by atoms with Crippen molar-refractivity contribution in [2.24, 2.45) is 0 Å². The minimum absolute atomic E-state index is 0.296. The molecule has 0 saturated carbocycles. The van der Waals surface area contributed by atoms with Gasteiger partial charge in [0.2, 0.25) is 0 Å². The van der Waals surface area contributed by atoms with Gasteiger partial charge in [-0.15, -0.1) is 0 Å². The van der Waals surface area contributed by atoms with Crippen LogP contribution in [0.3, 0.4) is 0 Å². The molecular weight excluding hydrogens is 296 g/mol. The SMILES string of the molecule is O=C(Nc1ccc2[nH]c(=O)oc2c1)c1ccc2c(n1)CCCN2. The van der Waals surface area contributed by atoms with Crippen LogP contribution in [0.4, 0.5) is 11.4 Å². The molecule has 0 atom stereocenters. The highest BCUT2D eigenvalue weighted by atomic mass is 16.4. The molecule has 0 bridgehead atoms. The highest BCUT2D eigenvalue weighted by Crippen LogP contribution is 2.21. The number of nitrogens with one attached hydrogen (secondary N) is 3. The lowest BCUT2D eigenvalue weighted by molar-refractivity contribution is 0.102. The third kappa shape index (κ3) is 2.57. The molecule has 0 aliphatic carbocycles. The molecule has 7 heteroatoms. The Bertz CT molecular complexity index is 957. The summed E-state index contributed by atoms with van der Waals surface area (Å²) < 4.78 is 4.98. The van der Waals surface area contributed by atoms with E-state index in [-0.39, 0.29) is 5.91 Å². The van der Waals surface area contributed by atoms with E-state index in [9.17, 15) is 9.59 Å². The Morgan fingerprint density at radius 3 is 3.09 bits per heavy atom. The molecule has 2 aromatic heterocycles. The number of aromatic nitrogens is 2. The third-order valence-electron chi connectivity index (χ3n) is 3.79. The maximum atomic E-state index is 12.3. The predicted octanol–water partition coefficient (Wildman–Crippen LogP) is 2.13. The molecule has 3 aromatic rings. The van der Waals surface area contributed by atoms with E-state index in [4.69, 9.17) is 4.42 Å². The lowest BCUT2D eigenvalue weighted by atomic mass is 10.1. The fourth-order valence-corrected chi connectivity index (χ4v) is 2.68. The van der Waals surface area contributed by atoms with Crippen LogP contribution in [0.1, 0.15) is 22.6 Å². The van der Waals surface area contributed by atoms with Gasteiger partial charge in [0.1, 0.15) is 5.69 Å². The van der Waals surface area contributed by atoms with Crippen LogP contribution in [-0.2, 0) is 6.42 Å². The number of aryl methyl sites for hydroxylation is 1. The molecule has 0 radical (unpaired) electrons. The summed E-state index contributed by atoms with van der Waals surface area (Å²) in [6.45, 7) is 0.933. The van der Waals surface area contributed by atoms with Crippen molar-refractivity contribution in [2.75, 3.05) is 17.2 Å². The summed E-state index contributed by atoms with van der Waals surface area (Å²) in [6.07, 6.45) is 1.87. The minimum Gasteiger partial charge on any atom is -0.408 e. The van der Waals surface area contributed by atoms with Crippen molar-refractivity contribution in [1.29, 1.82) is 0 Å². The van der Waals surface area contributed by atoms with Crippen molar-refractivity contribution in [3.63, 3.8) is 0 Å². The molecule has 0 spiro atoms. The van der Waals surface area contributed by atoms with Crippen molar-refractivity contribution in [3.8, 4) is 0 Å². The normalized spacial score (nSPS) is 13.4. The van der Waals surface area contributed by atoms with Crippen LogP contribution in [0.2, 0.25) is 0 Å². The highest BCUT2D eigenvalue weighted by Gasteiger charge is 2.14. The number of anilines is 2. The number of rotatable bonds is 2. The Labute approximate surface area is 130 Å². The molecule has 1 aliphatic heterocycles. The van der Waals surface area contributed by atoms with Gasteiger partial charge in [-0.2, -0.15) is 0 Å². The van der Waals surface area contributed by atoms with Crippen LogP contribution in [0.15, 0.2) is 39.5 Å². The number of benzene rings is 1. The van der Waals surface area contributed by atoms with Crippen molar-refractivity contribution < 1.29 is 9.21 Å². The van der Waals surface area contributed by atoms with Gasteiger partial charge in [-0.25, -0.2) is 9.78 Å². The number of pyridine rings is 1. The zero-order chi connectivity index (χ0) is 15.8. The highest BCUT2D eigenvalue weighted by molar-refractivity contribution is 6.03. The van der Waals surface area contributed by atoms with Gasteiger partial charge in [0.05, 0.1) is 16.9 Å². The number of carbonyl (C=O) groups is 1. The first-order valence-electron chi connectivity index (χ1n) is 7.37. The molecule has 4 rings (SSSR count). The molecule has 0 unspecified atom stereocenters. The van der Waals surface area contributed by atoms with E-state index < -0.39 is 5.76 Å². The minimum atomic E-state index is -0.521. The van der Waals surface area contributed by atoms with Crippen molar-refractivity contribution in [3.05, 3.63) is 52.3 Å². The molecule has 1 aromatic carbocycles. The molecule has 3 heterocycles. The number of oxazole rings is 1. The van der Waals surface area contributed by atoms with Gasteiger partial charge < -0.3 is 15.1 Å². The zero-order valence-electron chi connectivity index (χ0n) is 12.2. The molecule has 116 valence electrons. The fourth-order valence-electron chi connectivity index (χ4n) is 2.68. The van der Waals surface area contributed by atoms with E-state index in [0.717, 1.165) is 30.8 Å². The van der Waals surface area contributed by atoms with Gasteiger partial charge in [0.25, 0.3) is 5.91 Å². The Morgan fingerprint density at radius 1 is 1.26 bits per heavy atom. The largest absolute Gasteiger partial charge is 0.417 e. The summed E-state index contributed by atoms with van der Waals surface area (Å²) in [5.74, 6) is -0.817. The number of aromatic amines is 1. The Kier molecular flexibility index (Phi) is 3.11. The average molecular weight is 310 g/mol. The van der Waals surface area contributed by atoms with Gasteiger partial charge in [-0.1, -0.05) is 0 Å². The number of H-pyrrole nitrogens is 1. The van der Waals surface area contributed by atoms with Gasteiger partial charge in [-0.3, -0.25) is 9.78 Å². The molecule has 7 nitrogen and oxygen atoms in total. The fraction of sp³-hybridized carbons (Fsp3) is 0.188. The molecule has 1 aliphatic rings. The smallest absolute Gasteiger partial charge is 0.408 e. The number of nitrogens with zero attached hydrogens (tertiary/aromatic N) is 1. The first-order chi connectivity index (χ1) is 11.2. The Morgan fingerprint density at radius 2 is 2.17 bits per heavy atom. The van der Waals surface area contributed by atoms with E-state index >= 15 is 0 Å². The van der Waals surface area contributed by atoms with Gasteiger partial charge >= 0.3 is 5.76 Å². The monoisotopic (exact) mass is 310 g/mol. The van der Waals surface area contributed by atoms with Crippen LogP contribution in [-0.4, -0.2) is 22.4 Å². The number of fused-ring (bicyclic) bond motifs is 2. The maximum absolute atomic E-state index is 12.3. The van der Waals surface area contributed by atoms with Crippen LogP contribution in [0.5, 0.6) is 0 Å². The molecule has 1 amide bonds. The second kappa shape index (κ2) is 5.28. The van der Waals surface area contributed by atoms with Crippen LogP contribution in [0.25, 0.3) is 11.1 Å². The third-order valence-corrected chi connectivity index (χ3v) is 3.79. The standard InChI is InChI=1S/C16H14N4O3/c21-15(13-6-5-10-11(19-13)2-1-7-17-10)18-9-3-4-12-14(8-9)23-16(22)20-12/h3-6,8,17H,1-2,7H2,(H,18,21)(H,20,22). The summed E-state index contributed by atoms with van der Waals surface area (Å²) >= 11 is 0. The van der Waals surface area contributed by atoms with E-state index in [0.29, 0.717) is 22.5 Å². The molecule has 3 N–H and O–H groups in total. The van der Waals surface area contributed by atoms with E-state index in [2.05, 4.69) is 20.6 Å². The number of carbonyl (C=O) groups excluding carboxylic acids is 1. The van der Waals surface area contributed by atoms with Crippen molar-refractivity contribution >= 4 is 28.4 Å². The van der Waals surface area contributed by atoms with Crippen molar-refractivity contribution in [1.82, 2.24) is 9.97 Å². The molecule has 0 fully saturated rings. The van der Waals surface area contributed by atoms with Gasteiger partial charge in [0.15, 0.2) is 5.58 Å². The first kappa shape index (κ1) is 13.6. The topological polar surface area (TPSA) is 100 Å². The first-order valence-corrected chi connectivity index (χ1v) is 7.37. The summed E-state index contributed by atoms with van der Waals surface area (Å²) in [5, 5.41) is 6.03. The maximum Gasteiger partial charge on any atom is 0.417 e. The van der Waals surface area contributed by atoms with E-state index in [1.807, 2.05) is 6.07 Å². The number of hydrogen-bond acceptors (Lipinski definition) is 5. The summed E-state index contributed by atoms with van der Waals surface area (Å²) in [7, 11) is 0. The lowest BCUT2D eigenvalue weighted by Gasteiger charge is -2.17. The Hall–Kier alpha value is -3.09. The van der Waals surface area contributed by atoms with E-state index in [1.54, 1.807) is 24.3 Å².